The molecule has 0 aromatic carbocycles. The lowest BCUT2D eigenvalue weighted by molar-refractivity contribution is 0.0200. The zero-order valence-electron chi connectivity index (χ0n) is 14.7. The Hall–Kier alpha value is -1.80. The van der Waals surface area contributed by atoms with Crippen molar-refractivity contribution in [3.05, 3.63) is 25.3 Å². The van der Waals surface area contributed by atoms with Crippen molar-refractivity contribution in [2.24, 2.45) is 0 Å². The minimum Gasteiger partial charge on any atom is -0.296 e. The third-order valence-electron chi connectivity index (χ3n) is 5.03. The van der Waals surface area contributed by atoms with E-state index in [1.807, 2.05) is 9.36 Å². The first-order chi connectivity index (χ1) is 11.8. The van der Waals surface area contributed by atoms with E-state index in [1.165, 1.54) is 12.8 Å². The van der Waals surface area contributed by atoms with Crippen LogP contribution in [-0.4, -0.2) is 77.6 Å². The summed E-state index contributed by atoms with van der Waals surface area (Å²) in [4.78, 5) is 13.3. The van der Waals surface area contributed by atoms with Crippen LogP contribution in [0.3, 0.4) is 0 Å². The van der Waals surface area contributed by atoms with Crippen molar-refractivity contribution in [1.82, 2.24) is 39.3 Å². The van der Waals surface area contributed by atoms with Crippen molar-refractivity contribution in [1.29, 1.82) is 0 Å². The van der Waals surface area contributed by atoms with Crippen LogP contribution in [0.15, 0.2) is 25.3 Å². The lowest BCUT2D eigenvalue weighted by Gasteiger charge is -2.46. The highest BCUT2D eigenvalue weighted by molar-refractivity contribution is 4.87. The monoisotopic (exact) mass is 332 g/mol. The first-order valence-electron chi connectivity index (χ1n) is 8.93. The minimum absolute atomic E-state index is 0.604. The fraction of sp³-hybridized carbons (Fsp3) is 0.750. The molecule has 3 rings (SSSR count). The molecule has 0 saturated carbocycles. The number of nitrogens with zero attached hydrogens (tertiary/aromatic N) is 8. The van der Waals surface area contributed by atoms with E-state index in [1.54, 1.807) is 25.3 Å². The van der Waals surface area contributed by atoms with Gasteiger partial charge in [-0.05, 0) is 12.8 Å². The second-order valence-corrected chi connectivity index (χ2v) is 6.43. The second kappa shape index (κ2) is 8.34. The average molecular weight is 332 g/mol. The Bertz CT molecular complexity index is 515. The fourth-order valence-corrected chi connectivity index (χ4v) is 3.55. The SMILES string of the molecule is CC[C@H]1CN(CCn2cncn2)[C@@H](CC)CN1CCn1cncn1. The van der Waals surface area contributed by atoms with Crippen molar-refractivity contribution >= 4 is 0 Å². The Morgan fingerprint density at radius 1 is 0.750 bits per heavy atom. The summed E-state index contributed by atoms with van der Waals surface area (Å²) in [6.07, 6.45) is 9.16. The largest absolute Gasteiger partial charge is 0.296 e. The van der Waals surface area contributed by atoms with E-state index in [0.717, 1.165) is 39.3 Å². The summed E-state index contributed by atoms with van der Waals surface area (Å²) in [6.45, 7) is 10.7. The van der Waals surface area contributed by atoms with Gasteiger partial charge in [0.15, 0.2) is 0 Å². The van der Waals surface area contributed by atoms with Crippen LogP contribution >= 0.6 is 0 Å². The maximum Gasteiger partial charge on any atom is 0.137 e. The number of piperazine rings is 1. The summed E-state index contributed by atoms with van der Waals surface area (Å²) in [7, 11) is 0. The van der Waals surface area contributed by atoms with Gasteiger partial charge in [-0.15, -0.1) is 0 Å². The summed E-state index contributed by atoms with van der Waals surface area (Å²) in [5, 5.41) is 8.43. The molecule has 0 unspecified atom stereocenters. The van der Waals surface area contributed by atoms with E-state index < -0.39 is 0 Å². The molecular formula is C16H28N8. The molecule has 2 aromatic rings. The van der Waals surface area contributed by atoms with Crippen LogP contribution in [0.5, 0.6) is 0 Å². The summed E-state index contributed by atoms with van der Waals surface area (Å²) < 4.78 is 3.84. The number of aromatic nitrogens is 6. The molecule has 24 heavy (non-hydrogen) atoms. The third kappa shape index (κ3) is 4.18. The maximum atomic E-state index is 4.22. The number of hydrogen-bond donors (Lipinski definition) is 0. The lowest BCUT2D eigenvalue weighted by Crippen LogP contribution is -2.58. The predicted octanol–water partition coefficient (Wildman–Crippen LogP) is 0.745. The van der Waals surface area contributed by atoms with Gasteiger partial charge in [-0.3, -0.25) is 19.2 Å². The van der Waals surface area contributed by atoms with Crippen molar-refractivity contribution in [3.8, 4) is 0 Å². The smallest absolute Gasteiger partial charge is 0.137 e. The van der Waals surface area contributed by atoms with E-state index in [4.69, 9.17) is 0 Å². The zero-order chi connectivity index (χ0) is 16.8. The van der Waals surface area contributed by atoms with E-state index in [2.05, 4.69) is 43.8 Å². The molecule has 1 fully saturated rings. The van der Waals surface area contributed by atoms with Crippen molar-refractivity contribution in [2.45, 2.75) is 51.9 Å². The van der Waals surface area contributed by atoms with E-state index in [0.29, 0.717) is 12.1 Å². The Balaban J connectivity index is 1.56. The van der Waals surface area contributed by atoms with Crippen LogP contribution in [0.4, 0.5) is 0 Å². The lowest BCUT2D eigenvalue weighted by atomic mass is 10.0. The number of hydrogen-bond acceptors (Lipinski definition) is 6. The standard InChI is InChI=1S/C16H28N8/c1-3-15-9-22(6-8-24-14-18-12-20-24)16(4-2)10-21(15)5-7-23-13-17-11-19-23/h11-16H,3-10H2,1-2H3/t15-,16-/m0/s1. The average Bonchev–Trinajstić information content (AvgIpc) is 3.31. The topological polar surface area (TPSA) is 67.9 Å². The van der Waals surface area contributed by atoms with Gasteiger partial charge in [-0.1, -0.05) is 13.8 Å². The van der Waals surface area contributed by atoms with Gasteiger partial charge < -0.3 is 0 Å². The predicted molar refractivity (Wildman–Crippen MR) is 91.3 cm³/mol. The molecule has 1 saturated heterocycles. The van der Waals surface area contributed by atoms with Crippen molar-refractivity contribution in [2.75, 3.05) is 26.2 Å². The Morgan fingerprint density at radius 2 is 1.21 bits per heavy atom. The van der Waals surface area contributed by atoms with Gasteiger partial charge >= 0.3 is 0 Å². The minimum atomic E-state index is 0.604. The molecule has 2 atom stereocenters. The molecule has 3 heterocycles. The van der Waals surface area contributed by atoms with Gasteiger partial charge in [0.1, 0.15) is 25.3 Å². The quantitative estimate of drug-likeness (QED) is 0.710. The highest BCUT2D eigenvalue weighted by atomic mass is 15.4. The Morgan fingerprint density at radius 3 is 1.54 bits per heavy atom. The summed E-state index contributed by atoms with van der Waals surface area (Å²) in [6, 6.07) is 1.21. The fourth-order valence-electron chi connectivity index (χ4n) is 3.55. The molecule has 0 amide bonds. The molecule has 0 N–H and O–H groups in total. The Labute approximate surface area is 143 Å². The van der Waals surface area contributed by atoms with Crippen LogP contribution < -0.4 is 0 Å². The molecule has 1 aliphatic rings. The van der Waals surface area contributed by atoms with E-state index in [9.17, 15) is 0 Å². The highest BCUT2D eigenvalue weighted by Crippen LogP contribution is 2.19. The van der Waals surface area contributed by atoms with Gasteiger partial charge in [0.2, 0.25) is 0 Å². The van der Waals surface area contributed by atoms with Gasteiger partial charge in [-0.25, -0.2) is 9.97 Å². The molecule has 132 valence electrons. The summed E-state index contributed by atoms with van der Waals surface area (Å²) >= 11 is 0. The van der Waals surface area contributed by atoms with Crippen LogP contribution in [0.1, 0.15) is 26.7 Å². The molecule has 0 spiro atoms. The maximum absolute atomic E-state index is 4.22. The second-order valence-electron chi connectivity index (χ2n) is 6.43. The van der Waals surface area contributed by atoms with E-state index in [-0.39, 0.29) is 0 Å². The van der Waals surface area contributed by atoms with Crippen molar-refractivity contribution in [3.63, 3.8) is 0 Å². The molecule has 1 aliphatic heterocycles. The van der Waals surface area contributed by atoms with Gasteiger partial charge in [0.25, 0.3) is 0 Å². The first kappa shape index (κ1) is 17.0. The Kier molecular flexibility index (Phi) is 5.92. The van der Waals surface area contributed by atoms with E-state index >= 15 is 0 Å². The molecule has 2 aromatic heterocycles. The normalized spacial score (nSPS) is 22.9. The van der Waals surface area contributed by atoms with Crippen LogP contribution in [-0.2, 0) is 13.1 Å². The summed E-state index contributed by atoms with van der Waals surface area (Å²) in [5.74, 6) is 0. The molecular weight excluding hydrogens is 304 g/mol. The van der Waals surface area contributed by atoms with Crippen LogP contribution in [0.2, 0.25) is 0 Å². The highest BCUT2D eigenvalue weighted by Gasteiger charge is 2.31. The molecule has 0 radical (unpaired) electrons. The van der Waals surface area contributed by atoms with Gasteiger partial charge in [0.05, 0.1) is 13.1 Å². The first-order valence-corrected chi connectivity index (χ1v) is 8.93. The molecule has 0 aliphatic carbocycles. The third-order valence-corrected chi connectivity index (χ3v) is 5.03. The van der Waals surface area contributed by atoms with Gasteiger partial charge in [0, 0.05) is 38.3 Å². The summed E-state index contributed by atoms with van der Waals surface area (Å²) in [5.41, 5.74) is 0. The van der Waals surface area contributed by atoms with Crippen LogP contribution in [0.25, 0.3) is 0 Å². The number of rotatable bonds is 8. The molecule has 0 bridgehead atoms. The van der Waals surface area contributed by atoms with Crippen LogP contribution in [0, 0.1) is 0 Å². The molecule has 8 heteroatoms. The van der Waals surface area contributed by atoms with Crippen molar-refractivity contribution < 1.29 is 0 Å². The van der Waals surface area contributed by atoms with Gasteiger partial charge in [-0.2, -0.15) is 10.2 Å². The zero-order valence-corrected chi connectivity index (χ0v) is 14.7. The molecule has 8 nitrogen and oxygen atoms in total.